The van der Waals surface area contributed by atoms with Gasteiger partial charge in [-0.3, -0.25) is 9.78 Å². The fourth-order valence-corrected chi connectivity index (χ4v) is 1.58. The molecule has 0 saturated carbocycles. The van der Waals surface area contributed by atoms with Gasteiger partial charge in [0.1, 0.15) is 12.0 Å². The van der Waals surface area contributed by atoms with Gasteiger partial charge in [-0.1, -0.05) is 6.07 Å². The molecule has 0 aliphatic rings. The molecule has 2 rings (SSSR count). The zero-order valence-corrected chi connectivity index (χ0v) is 9.52. The lowest BCUT2D eigenvalue weighted by molar-refractivity contribution is -0.274. The predicted octanol–water partition coefficient (Wildman–Crippen LogP) is 3.46. The van der Waals surface area contributed by atoms with Crippen LogP contribution in [-0.4, -0.2) is 17.6 Å². The Morgan fingerprint density at radius 1 is 1.16 bits per heavy atom. The number of benzene rings is 1. The van der Waals surface area contributed by atoms with E-state index in [1.807, 2.05) is 0 Å². The number of carbonyl (C=O) groups excluding carboxylic acids is 1. The number of nitrogens with zero attached hydrogens (tertiary/aromatic N) is 1. The average Bonchev–Trinajstić information content (AvgIpc) is 2.37. The summed E-state index contributed by atoms with van der Waals surface area (Å²) in [7, 11) is 0. The Kier molecular flexibility index (Phi) is 3.50. The van der Waals surface area contributed by atoms with Crippen molar-refractivity contribution in [3.8, 4) is 16.9 Å². The fourth-order valence-electron chi connectivity index (χ4n) is 1.58. The zero-order chi connectivity index (χ0) is 13.9. The molecule has 0 bridgehead atoms. The van der Waals surface area contributed by atoms with Crippen LogP contribution < -0.4 is 4.74 Å². The van der Waals surface area contributed by atoms with Crippen molar-refractivity contribution < 1.29 is 22.7 Å². The van der Waals surface area contributed by atoms with Gasteiger partial charge in [0, 0.05) is 23.5 Å². The molecule has 0 atom stereocenters. The molecule has 1 aromatic heterocycles. The Hall–Kier alpha value is -2.37. The highest BCUT2D eigenvalue weighted by atomic mass is 19.4. The number of aldehydes is 1. The van der Waals surface area contributed by atoms with Gasteiger partial charge >= 0.3 is 6.36 Å². The van der Waals surface area contributed by atoms with E-state index in [1.165, 1.54) is 18.3 Å². The Morgan fingerprint density at radius 3 is 2.53 bits per heavy atom. The lowest BCUT2D eigenvalue weighted by Crippen LogP contribution is -2.17. The molecule has 0 unspecified atom stereocenters. The Balaban J connectivity index is 2.45. The molecular formula is C13H8F3NO2. The van der Waals surface area contributed by atoms with Crippen molar-refractivity contribution in [2.45, 2.75) is 6.36 Å². The van der Waals surface area contributed by atoms with Gasteiger partial charge in [-0.2, -0.15) is 0 Å². The molecule has 98 valence electrons. The molecule has 0 amide bonds. The second-order valence-corrected chi connectivity index (χ2v) is 3.70. The van der Waals surface area contributed by atoms with E-state index in [1.54, 1.807) is 18.3 Å². The second kappa shape index (κ2) is 5.09. The number of rotatable bonds is 3. The van der Waals surface area contributed by atoms with Gasteiger partial charge in [0.05, 0.1) is 0 Å². The highest BCUT2D eigenvalue weighted by Crippen LogP contribution is 2.29. The van der Waals surface area contributed by atoms with E-state index in [2.05, 4.69) is 9.72 Å². The molecule has 0 fully saturated rings. The molecule has 3 nitrogen and oxygen atoms in total. The molecule has 0 radical (unpaired) electrons. The number of ether oxygens (including phenoxy) is 1. The van der Waals surface area contributed by atoms with Crippen molar-refractivity contribution in [1.29, 1.82) is 0 Å². The minimum atomic E-state index is -4.80. The van der Waals surface area contributed by atoms with Crippen molar-refractivity contribution in [3.63, 3.8) is 0 Å². The third-order valence-corrected chi connectivity index (χ3v) is 2.29. The Bertz CT molecular complexity index is 582. The fraction of sp³-hybridized carbons (Fsp3) is 0.0769. The molecular weight excluding hydrogens is 259 g/mol. The van der Waals surface area contributed by atoms with Crippen molar-refractivity contribution in [2.75, 3.05) is 0 Å². The van der Waals surface area contributed by atoms with Crippen LogP contribution in [0.1, 0.15) is 10.4 Å². The van der Waals surface area contributed by atoms with Gasteiger partial charge < -0.3 is 4.74 Å². The topological polar surface area (TPSA) is 39.2 Å². The predicted molar refractivity (Wildman–Crippen MR) is 61.7 cm³/mol. The highest BCUT2D eigenvalue weighted by Gasteiger charge is 2.31. The summed E-state index contributed by atoms with van der Waals surface area (Å²) < 4.78 is 40.4. The largest absolute Gasteiger partial charge is 0.573 e. The summed E-state index contributed by atoms with van der Waals surface area (Å²) >= 11 is 0. The molecule has 1 aromatic carbocycles. The zero-order valence-electron chi connectivity index (χ0n) is 9.52. The lowest BCUT2D eigenvalue weighted by Gasteiger charge is -2.11. The van der Waals surface area contributed by atoms with Crippen LogP contribution in [0, 0.1) is 0 Å². The van der Waals surface area contributed by atoms with Crippen molar-refractivity contribution in [3.05, 3.63) is 48.3 Å². The highest BCUT2D eigenvalue weighted by molar-refractivity contribution is 5.80. The number of pyridine rings is 1. The first-order valence-corrected chi connectivity index (χ1v) is 5.24. The number of hydrogen-bond donors (Lipinski definition) is 0. The molecule has 0 saturated heterocycles. The van der Waals surface area contributed by atoms with E-state index in [0.29, 0.717) is 17.4 Å². The summed E-state index contributed by atoms with van der Waals surface area (Å²) in [6.07, 6.45) is -1.31. The van der Waals surface area contributed by atoms with E-state index >= 15 is 0 Å². The van der Waals surface area contributed by atoms with Gasteiger partial charge in [-0.05, 0) is 29.8 Å². The minimum Gasteiger partial charge on any atom is -0.406 e. The maximum atomic E-state index is 12.2. The van der Waals surface area contributed by atoms with Crippen LogP contribution in [-0.2, 0) is 0 Å². The van der Waals surface area contributed by atoms with Crippen molar-refractivity contribution in [1.82, 2.24) is 4.98 Å². The molecule has 19 heavy (non-hydrogen) atoms. The van der Waals surface area contributed by atoms with Gasteiger partial charge in [0.25, 0.3) is 0 Å². The van der Waals surface area contributed by atoms with E-state index in [4.69, 9.17) is 0 Å². The smallest absolute Gasteiger partial charge is 0.406 e. The van der Waals surface area contributed by atoms with Gasteiger partial charge in [-0.25, -0.2) is 0 Å². The number of hydrogen-bond acceptors (Lipinski definition) is 3. The molecule has 0 aliphatic carbocycles. The summed E-state index contributed by atoms with van der Waals surface area (Å²) in [5.41, 5.74) is 1.12. The van der Waals surface area contributed by atoms with Crippen LogP contribution in [0.15, 0.2) is 42.7 Å². The number of aromatic nitrogens is 1. The maximum absolute atomic E-state index is 12.2. The normalized spacial score (nSPS) is 11.1. The summed E-state index contributed by atoms with van der Waals surface area (Å²) in [6, 6.07) is 7.02. The van der Waals surface area contributed by atoms with E-state index in [0.717, 1.165) is 6.07 Å². The first-order valence-electron chi connectivity index (χ1n) is 5.24. The van der Waals surface area contributed by atoms with E-state index in [-0.39, 0.29) is 5.56 Å². The standard InChI is InChI=1S/C13H8F3NO2/c14-13(15,16)19-12-5-9(8-18)4-11(6-12)10-2-1-3-17-7-10/h1-8H. The van der Waals surface area contributed by atoms with Crippen LogP contribution in [0.2, 0.25) is 0 Å². The van der Waals surface area contributed by atoms with Crippen LogP contribution in [0.3, 0.4) is 0 Å². The third kappa shape index (κ3) is 3.54. The third-order valence-electron chi connectivity index (χ3n) is 2.29. The maximum Gasteiger partial charge on any atom is 0.573 e. The van der Waals surface area contributed by atoms with E-state index < -0.39 is 12.1 Å². The number of halogens is 3. The lowest BCUT2D eigenvalue weighted by atomic mass is 10.0. The molecule has 6 heteroatoms. The summed E-state index contributed by atoms with van der Waals surface area (Å²) in [6.45, 7) is 0. The summed E-state index contributed by atoms with van der Waals surface area (Å²) in [5.74, 6) is -0.434. The number of carbonyl (C=O) groups is 1. The molecule has 1 heterocycles. The van der Waals surface area contributed by atoms with Crippen molar-refractivity contribution >= 4 is 6.29 Å². The molecule has 2 aromatic rings. The Morgan fingerprint density at radius 2 is 1.95 bits per heavy atom. The van der Waals surface area contributed by atoms with Crippen LogP contribution >= 0.6 is 0 Å². The van der Waals surface area contributed by atoms with E-state index in [9.17, 15) is 18.0 Å². The van der Waals surface area contributed by atoms with Crippen LogP contribution in [0.5, 0.6) is 5.75 Å². The number of alkyl halides is 3. The quantitative estimate of drug-likeness (QED) is 0.799. The van der Waals surface area contributed by atoms with Gasteiger partial charge in [-0.15, -0.1) is 13.2 Å². The molecule has 0 aliphatic heterocycles. The van der Waals surface area contributed by atoms with Gasteiger partial charge in [0.15, 0.2) is 0 Å². The first-order chi connectivity index (χ1) is 8.98. The average molecular weight is 267 g/mol. The second-order valence-electron chi connectivity index (χ2n) is 3.70. The van der Waals surface area contributed by atoms with Crippen LogP contribution in [0.4, 0.5) is 13.2 Å². The van der Waals surface area contributed by atoms with Crippen molar-refractivity contribution in [2.24, 2.45) is 0 Å². The molecule has 0 spiro atoms. The monoisotopic (exact) mass is 267 g/mol. The summed E-state index contributed by atoms with van der Waals surface area (Å²) in [5, 5.41) is 0. The SMILES string of the molecule is O=Cc1cc(OC(F)(F)F)cc(-c2cccnc2)c1. The first kappa shape index (κ1) is 13.1. The van der Waals surface area contributed by atoms with Gasteiger partial charge in [0.2, 0.25) is 0 Å². The van der Waals surface area contributed by atoms with Crippen LogP contribution in [0.25, 0.3) is 11.1 Å². The summed E-state index contributed by atoms with van der Waals surface area (Å²) in [4.78, 5) is 14.6. The minimum absolute atomic E-state index is 0.0978. The Labute approximate surface area is 106 Å². The molecule has 0 N–H and O–H groups in total.